The molecule has 0 saturated heterocycles. The van der Waals surface area contributed by atoms with Crippen molar-refractivity contribution in [2.45, 2.75) is 45.1 Å². The zero-order chi connectivity index (χ0) is 10.6. The van der Waals surface area contributed by atoms with Crippen molar-refractivity contribution in [1.82, 2.24) is 4.90 Å². The highest BCUT2D eigenvalue weighted by atomic mass is 15.1. The Bertz CT molecular complexity index is 218. The molecule has 4 aliphatic carbocycles. The third-order valence-electron chi connectivity index (χ3n) is 5.67. The van der Waals surface area contributed by atoms with E-state index >= 15 is 0 Å². The molecular weight excluding hydrogens is 182 g/mol. The fourth-order valence-corrected chi connectivity index (χ4v) is 5.10. The van der Waals surface area contributed by atoms with Crippen LogP contribution in [0.5, 0.6) is 0 Å². The molecule has 4 fully saturated rings. The summed E-state index contributed by atoms with van der Waals surface area (Å²) in [5.41, 5.74) is 0. The average Bonchev–Trinajstić information content (AvgIpc) is 2.15. The van der Waals surface area contributed by atoms with Crippen LogP contribution in [-0.4, -0.2) is 25.0 Å². The average molecular weight is 207 g/mol. The van der Waals surface area contributed by atoms with Crippen LogP contribution < -0.4 is 0 Å². The van der Waals surface area contributed by atoms with Gasteiger partial charge < -0.3 is 4.90 Å². The fraction of sp³-hybridized carbons (Fsp3) is 1.00. The minimum absolute atomic E-state index is 0.806. The van der Waals surface area contributed by atoms with Gasteiger partial charge in [0.2, 0.25) is 0 Å². The molecule has 86 valence electrons. The fourth-order valence-electron chi connectivity index (χ4n) is 5.10. The van der Waals surface area contributed by atoms with Gasteiger partial charge in [0.05, 0.1) is 0 Å². The first kappa shape index (κ1) is 10.1. The maximum absolute atomic E-state index is 2.45. The van der Waals surface area contributed by atoms with E-state index in [0.717, 1.165) is 35.6 Å². The standard InChI is InChI=1S/C14H25N/c1-9(15(2)3)14-12-5-10-4-11(7-12)8-13(14)6-10/h9-14H,4-8H2,1-3H3. The van der Waals surface area contributed by atoms with Gasteiger partial charge in [0.1, 0.15) is 0 Å². The van der Waals surface area contributed by atoms with Crippen molar-refractivity contribution in [3.63, 3.8) is 0 Å². The van der Waals surface area contributed by atoms with Crippen LogP contribution in [0.4, 0.5) is 0 Å². The summed E-state index contributed by atoms with van der Waals surface area (Å²) < 4.78 is 0. The van der Waals surface area contributed by atoms with Crippen molar-refractivity contribution in [2.75, 3.05) is 14.1 Å². The van der Waals surface area contributed by atoms with Gasteiger partial charge in [0.25, 0.3) is 0 Å². The Morgan fingerprint density at radius 3 is 1.73 bits per heavy atom. The van der Waals surface area contributed by atoms with E-state index in [9.17, 15) is 0 Å². The van der Waals surface area contributed by atoms with Crippen molar-refractivity contribution in [3.05, 3.63) is 0 Å². The predicted octanol–water partition coefficient (Wildman–Crippen LogP) is 3.01. The van der Waals surface area contributed by atoms with E-state index < -0.39 is 0 Å². The first-order valence-corrected chi connectivity index (χ1v) is 6.81. The molecule has 4 aliphatic rings. The van der Waals surface area contributed by atoms with Gasteiger partial charge in [-0.15, -0.1) is 0 Å². The molecule has 15 heavy (non-hydrogen) atoms. The van der Waals surface area contributed by atoms with Gasteiger partial charge in [-0.2, -0.15) is 0 Å². The summed E-state index contributed by atoms with van der Waals surface area (Å²) >= 11 is 0. The molecule has 1 atom stereocenters. The monoisotopic (exact) mass is 207 g/mol. The Kier molecular flexibility index (Phi) is 2.35. The third kappa shape index (κ3) is 1.54. The molecule has 0 spiro atoms. The molecule has 0 radical (unpaired) electrons. The SMILES string of the molecule is CC(C1C2CC3CC(C2)CC1C3)N(C)C. The van der Waals surface area contributed by atoms with Gasteiger partial charge in [0, 0.05) is 6.04 Å². The van der Waals surface area contributed by atoms with Crippen LogP contribution in [-0.2, 0) is 0 Å². The van der Waals surface area contributed by atoms with Gasteiger partial charge in [-0.1, -0.05) is 0 Å². The van der Waals surface area contributed by atoms with E-state index in [0.29, 0.717) is 0 Å². The van der Waals surface area contributed by atoms with Gasteiger partial charge in [-0.05, 0) is 82.7 Å². The second kappa shape index (κ2) is 3.48. The van der Waals surface area contributed by atoms with E-state index in [1.165, 1.54) is 0 Å². The lowest BCUT2D eigenvalue weighted by molar-refractivity contribution is -0.0636. The van der Waals surface area contributed by atoms with Crippen molar-refractivity contribution in [3.8, 4) is 0 Å². The summed E-state index contributed by atoms with van der Waals surface area (Å²) in [6, 6.07) is 0.806. The topological polar surface area (TPSA) is 3.24 Å². The highest BCUT2D eigenvalue weighted by molar-refractivity contribution is 5.00. The van der Waals surface area contributed by atoms with Crippen molar-refractivity contribution >= 4 is 0 Å². The Labute approximate surface area is 94.2 Å². The summed E-state index contributed by atoms with van der Waals surface area (Å²) in [5.74, 6) is 5.43. The van der Waals surface area contributed by atoms with Gasteiger partial charge in [-0.25, -0.2) is 0 Å². The second-order valence-corrected chi connectivity index (χ2v) is 6.71. The zero-order valence-electron chi connectivity index (χ0n) is 10.4. The Balaban J connectivity index is 1.80. The van der Waals surface area contributed by atoms with Crippen LogP contribution in [0.15, 0.2) is 0 Å². The van der Waals surface area contributed by atoms with Crippen LogP contribution in [0, 0.1) is 29.6 Å². The van der Waals surface area contributed by atoms with Crippen LogP contribution in [0.3, 0.4) is 0 Å². The molecule has 1 unspecified atom stereocenters. The Morgan fingerprint density at radius 1 is 0.867 bits per heavy atom. The normalized spacial score (nSPS) is 50.0. The lowest BCUT2D eigenvalue weighted by Crippen LogP contribution is -2.51. The Morgan fingerprint density at radius 2 is 1.33 bits per heavy atom. The van der Waals surface area contributed by atoms with Crippen LogP contribution >= 0.6 is 0 Å². The minimum atomic E-state index is 0.806. The van der Waals surface area contributed by atoms with Crippen LogP contribution in [0.1, 0.15) is 39.0 Å². The zero-order valence-corrected chi connectivity index (χ0v) is 10.4. The molecule has 0 heterocycles. The molecule has 0 aromatic rings. The molecule has 0 aromatic carbocycles. The Hall–Kier alpha value is -0.0400. The quantitative estimate of drug-likeness (QED) is 0.673. The lowest BCUT2D eigenvalue weighted by Gasteiger charge is -2.56. The van der Waals surface area contributed by atoms with E-state index in [2.05, 4.69) is 25.9 Å². The molecule has 0 N–H and O–H groups in total. The molecular formula is C14H25N. The van der Waals surface area contributed by atoms with Crippen molar-refractivity contribution in [1.29, 1.82) is 0 Å². The van der Waals surface area contributed by atoms with Crippen LogP contribution in [0.25, 0.3) is 0 Å². The predicted molar refractivity (Wildman–Crippen MR) is 63.7 cm³/mol. The number of hydrogen-bond donors (Lipinski definition) is 0. The van der Waals surface area contributed by atoms with Gasteiger partial charge in [-0.3, -0.25) is 0 Å². The molecule has 1 nitrogen and oxygen atoms in total. The first-order valence-electron chi connectivity index (χ1n) is 6.81. The molecule has 4 rings (SSSR count). The number of rotatable bonds is 2. The maximum atomic E-state index is 2.45. The summed E-state index contributed by atoms with van der Waals surface area (Å²) in [7, 11) is 4.52. The summed E-state index contributed by atoms with van der Waals surface area (Å²) in [6.07, 6.45) is 7.84. The first-order chi connectivity index (χ1) is 7.15. The smallest absolute Gasteiger partial charge is 0.00944 e. The van der Waals surface area contributed by atoms with Crippen LogP contribution in [0.2, 0.25) is 0 Å². The van der Waals surface area contributed by atoms with Gasteiger partial charge >= 0.3 is 0 Å². The molecule has 0 aliphatic heterocycles. The molecule has 0 aromatic heterocycles. The van der Waals surface area contributed by atoms with E-state index in [4.69, 9.17) is 0 Å². The van der Waals surface area contributed by atoms with Crippen molar-refractivity contribution < 1.29 is 0 Å². The lowest BCUT2D eigenvalue weighted by atomic mass is 9.50. The molecule has 1 heteroatoms. The number of hydrogen-bond acceptors (Lipinski definition) is 1. The maximum Gasteiger partial charge on any atom is 0.00944 e. The molecule has 4 saturated carbocycles. The summed E-state index contributed by atoms with van der Waals surface area (Å²) in [4.78, 5) is 2.45. The second-order valence-electron chi connectivity index (χ2n) is 6.71. The molecule has 0 amide bonds. The summed E-state index contributed by atoms with van der Waals surface area (Å²) in [6.45, 7) is 2.45. The molecule has 4 bridgehead atoms. The van der Waals surface area contributed by atoms with E-state index in [1.807, 2.05) is 0 Å². The third-order valence-corrected chi connectivity index (χ3v) is 5.67. The van der Waals surface area contributed by atoms with Gasteiger partial charge in [0.15, 0.2) is 0 Å². The number of nitrogens with zero attached hydrogens (tertiary/aromatic N) is 1. The van der Waals surface area contributed by atoms with E-state index in [1.54, 1.807) is 32.1 Å². The van der Waals surface area contributed by atoms with Crippen molar-refractivity contribution in [2.24, 2.45) is 29.6 Å². The largest absolute Gasteiger partial charge is 0.306 e. The highest BCUT2D eigenvalue weighted by Gasteiger charge is 2.49. The minimum Gasteiger partial charge on any atom is -0.306 e. The highest BCUT2D eigenvalue weighted by Crippen LogP contribution is 2.57. The van der Waals surface area contributed by atoms with E-state index in [-0.39, 0.29) is 0 Å². The summed E-state index contributed by atoms with van der Waals surface area (Å²) in [5, 5.41) is 0.